The van der Waals surface area contributed by atoms with E-state index in [1.165, 1.54) is 0 Å². The third-order valence-electron chi connectivity index (χ3n) is 6.09. The average molecular weight is 539 g/mol. The molecule has 0 bridgehead atoms. The molecular weight excluding hydrogens is 504 g/mol. The fraction of sp³-hybridized carbons (Fsp3) is 0.333. The van der Waals surface area contributed by atoms with Crippen LogP contribution < -0.4 is 19.5 Å². The van der Waals surface area contributed by atoms with Gasteiger partial charge in [0.2, 0.25) is 5.91 Å². The first-order valence-electron chi connectivity index (χ1n) is 12.7. The molecule has 0 saturated carbocycles. The zero-order chi connectivity index (χ0) is 27.3. The van der Waals surface area contributed by atoms with E-state index < -0.39 is 6.04 Å². The number of carbonyl (C=O) groups excluding carboxylic acids is 2. The zero-order valence-electron chi connectivity index (χ0n) is 22.1. The van der Waals surface area contributed by atoms with Gasteiger partial charge in [-0.2, -0.15) is 0 Å². The highest BCUT2D eigenvalue weighted by Crippen LogP contribution is 2.28. The molecule has 1 N–H and O–H groups in total. The van der Waals surface area contributed by atoms with Crippen molar-refractivity contribution in [3.05, 3.63) is 88.9 Å². The van der Waals surface area contributed by atoms with Crippen LogP contribution in [0.25, 0.3) is 0 Å². The highest BCUT2D eigenvalue weighted by Gasteiger charge is 2.31. The lowest BCUT2D eigenvalue weighted by molar-refractivity contribution is -0.142. The summed E-state index contributed by atoms with van der Waals surface area (Å²) < 4.78 is 16.5. The lowest BCUT2D eigenvalue weighted by atomic mass is 10.0. The molecule has 0 unspecified atom stereocenters. The SMILES string of the molecule is CCCCNC(=O)[C@@H](Cc1ccccc1)N(Cc1ccccc1Cl)C(=O)COc1cc(OC)cc(OC)c1. The minimum Gasteiger partial charge on any atom is -0.496 e. The summed E-state index contributed by atoms with van der Waals surface area (Å²) in [4.78, 5) is 28.7. The summed E-state index contributed by atoms with van der Waals surface area (Å²) in [6.45, 7) is 2.47. The van der Waals surface area contributed by atoms with E-state index in [4.69, 9.17) is 25.8 Å². The Kier molecular flexibility index (Phi) is 11.3. The quantitative estimate of drug-likeness (QED) is 0.282. The smallest absolute Gasteiger partial charge is 0.261 e. The molecule has 0 aliphatic rings. The molecule has 202 valence electrons. The maximum Gasteiger partial charge on any atom is 0.261 e. The number of ether oxygens (including phenoxy) is 3. The summed E-state index contributed by atoms with van der Waals surface area (Å²) in [6.07, 6.45) is 2.15. The predicted molar refractivity (Wildman–Crippen MR) is 149 cm³/mol. The van der Waals surface area contributed by atoms with Crippen LogP contribution in [0.2, 0.25) is 5.02 Å². The molecule has 0 fully saturated rings. The van der Waals surface area contributed by atoms with Crippen LogP contribution in [0.5, 0.6) is 17.2 Å². The number of rotatable bonds is 14. The van der Waals surface area contributed by atoms with E-state index in [2.05, 4.69) is 12.2 Å². The third kappa shape index (κ3) is 8.42. The summed E-state index contributed by atoms with van der Waals surface area (Å²) in [6, 6.07) is 21.3. The standard InChI is InChI=1S/C30H35ClN2O5/c1-4-5-15-32-30(35)28(16-22-11-7-6-8-12-22)33(20-23-13-9-10-14-27(23)31)29(34)21-38-26-18-24(36-2)17-25(19-26)37-3/h6-14,17-19,28H,4-5,15-16,20-21H2,1-3H3,(H,32,35)/t28-/m1/s1. The molecule has 2 amide bonds. The fourth-order valence-corrected chi connectivity index (χ4v) is 4.16. The molecule has 3 aromatic rings. The third-order valence-corrected chi connectivity index (χ3v) is 6.46. The van der Waals surface area contributed by atoms with Crippen LogP contribution in [0.3, 0.4) is 0 Å². The number of hydrogen-bond donors (Lipinski definition) is 1. The summed E-state index contributed by atoms with van der Waals surface area (Å²) in [5, 5.41) is 3.53. The molecule has 0 heterocycles. The summed E-state index contributed by atoms with van der Waals surface area (Å²) in [5.74, 6) is 0.928. The zero-order valence-corrected chi connectivity index (χ0v) is 22.9. The number of nitrogens with one attached hydrogen (secondary N) is 1. The first kappa shape index (κ1) is 28.9. The van der Waals surface area contributed by atoms with Gasteiger partial charge in [-0.3, -0.25) is 9.59 Å². The summed E-state index contributed by atoms with van der Waals surface area (Å²) in [5.41, 5.74) is 1.68. The van der Waals surface area contributed by atoms with E-state index in [0.717, 1.165) is 24.0 Å². The van der Waals surface area contributed by atoms with Crippen LogP contribution >= 0.6 is 11.6 Å². The first-order chi connectivity index (χ1) is 18.4. The second-order valence-electron chi connectivity index (χ2n) is 8.80. The van der Waals surface area contributed by atoms with E-state index in [9.17, 15) is 9.59 Å². The number of unbranched alkanes of at least 4 members (excludes halogenated alkanes) is 1. The summed E-state index contributed by atoms with van der Waals surface area (Å²) in [7, 11) is 3.08. The van der Waals surface area contributed by atoms with Crippen molar-refractivity contribution in [2.24, 2.45) is 0 Å². The van der Waals surface area contributed by atoms with E-state index in [-0.39, 0.29) is 25.0 Å². The van der Waals surface area contributed by atoms with Gasteiger partial charge < -0.3 is 24.4 Å². The van der Waals surface area contributed by atoms with Crippen LogP contribution in [-0.2, 0) is 22.6 Å². The lowest BCUT2D eigenvalue weighted by Crippen LogP contribution is -2.51. The number of nitrogens with zero attached hydrogens (tertiary/aromatic N) is 1. The van der Waals surface area contributed by atoms with Crippen LogP contribution in [-0.4, -0.2) is 50.1 Å². The normalized spacial score (nSPS) is 11.4. The molecule has 0 aliphatic carbocycles. The average Bonchev–Trinajstić information content (AvgIpc) is 2.94. The molecular formula is C30H35ClN2O5. The molecule has 0 aliphatic heterocycles. The van der Waals surface area contributed by atoms with Crippen LogP contribution in [0, 0.1) is 0 Å². The maximum atomic E-state index is 13.7. The Morgan fingerprint density at radius 1 is 0.921 bits per heavy atom. The Balaban J connectivity index is 1.91. The minimum absolute atomic E-state index is 0.155. The second kappa shape index (κ2) is 14.9. The van der Waals surface area contributed by atoms with Gasteiger partial charge in [-0.25, -0.2) is 0 Å². The van der Waals surface area contributed by atoms with E-state index in [1.807, 2.05) is 48.5 Å². The van der Waals surface area contributed by atoms with Crippen molar-refractivity contribution in [2.45, 2.75) is 38.8 Å². The highest BCUT2D eigenvalue weighted by molar-refractivity contribution is 6.31. The van der Waals surface area contributed by atoms with Gasteiger partial charge in [-0.1, -0.05) is 73.5 Å². The molecule has 0 aromatic heterocycles. The predicted octanol–water partition coefficient (Wildman–Crippen LogP) is 5.29. The second-order valence-corrected chi connectivity index (χ2v) is 9.21. The highest BCUT2D eigenvalue weighted by atomic mass is 35.5. The largest absolute Gasteiger partial charge is 0.496 e. The van der Waals surface area contributed by atoms with Crippen molar-refractivity contribution in [3.8, 4) is 17.2 Å². The molecule has 8 heteroatoms. The topological polar surface area (TPSA) is 77.1 Å². The molecule has 38 heavy (non-hydrogen) atoms. The van der Waals surface area contributed by atoms with Crippen molar-refractivity contribution in [2.75, 3.05) is 27.4 Å². The first-order valence-corrected chi connectivity index (χ1v) is 13.0. The lowest BCUT2D eigenvalue weighted by Gasteiger charge is -2.31. The van der Waals surface area contributed by atoms with Crippen molar-refractivity contribution in [1.82, 2.24) is 10.2 Å². The molecule has 7 nitrogen and oxygen atoms in total. The number of amides is 2. The Hall–Kier alpha value is -3.71. The van der Waals surface area contributed by atoms with Crippen molar-refractivity contribution < 1.29 is 23.8 Å². The maximum absolute atomic E-state index is 13.7. The van der Waals surface area contributed by atoms with Gasteiger partial charge >= 0.3 is 0 Å². The van der Waals surface area contributed by atoms with Crippen LogP contribution in [0.4, 0.5) is 0 Å². The van der Waals surface area contributed by atoms with Gasteiger partial charge in [-0.05, 0) is 23.6 Å². The van der Waals surface area contributed by atoms with Crippen molar-refractivity contribution >= 4 is 23.4 Å². The molecule has 0 radical (unpaired) electrons. The fourth-order valence-electron chi connectivity index (χ4n) is 3.96. The van der Waals surface area contributed by atoms with Crippen molar-refractivity contribution in [1.29, 1.82) is 0 Å². The number of halogens is 1. The van der Waals surface area contributed by atoms with Gasteiger partial charge in [0.15, 0.2) is 6.61 Å². The van der Waals surface area contributed by atoms with Gasteiger partial charge in [0.05, 0.1) is 14.2 Å². The van der Waals surface area contributed by atoms with E-state index in [0.29, 0.717) is 35.2 Å². The Morgan fingerprint density at radius 3 is 2.18 bits per heavy atom. The van der Waals surface area contributed by atoms with Crippen LogP contribution in [0.1, 0.15) is 30.9 Å². The monoisotopic (exact) mass is 538 g/mol. The molecule has 0 saturated heterocycles. The Morgan fingerprint density at radius 2 is 1.55 bits per heavy atom. The number of methoxy groups -OCH3 is 2. The molecule has 0 spiro atoms. The Labute approximate surface area is 229 Å². The number of carbonyl (C=O) groups is 2. The van der Waals surface area contributed by atoms with Gasteiger partial charge in [-0.15, -0.1) is 0 Å². The van der Waals surface area contributed by atoms with E-state index in [1.54, 1.807) is 43.4 Å². The Bertz CT molecular complexity index is 1170. The van der Waals surface area contributed by atoms with Crippen molar-refractivity contribution in [3.63, 3.8) is 0 Å². The van der Waals surface area contributed by atoms with Gasteiger partial charge in [0, 0.05) is 42.7 Å². The number of benzene rings is 3. The summed E-state index contributed by atoms with van der Waals surface area (Å²) >= 11 is 6.46. The number of hydrogen-bond acceptors (Lipinski definition) is 5. The van der Waals surface area contributed by atoms with Crippen LogP contribution in [0.15, 0.2) is 72.8 Å². The molecule has 3 aromatic carbocycles. The minimum atomic E-state index is -0.763. The van der Waals surface area contributed by atoms with E-state index >= 15 is 0 Å². The van der Waals surface area contributed by atoms with Gasteiger partial charge in [0.1, 0.15) is 23.3 Å². The molecule has 3 rings (SSSR count). The molecule has 1 atom stereocenters. The van der Waals surface area contributed by atoms with Gasteiger partial charge in [0.25, 0.3) is 5.91 Å².